The molecule has 1 aromatic heterocycles. The lowest BCUT2D eigenvalue weighted by molar-refractivity contribution is 0.0984. The summed E-state index contributed by atoms with van der Waals surface area (Å²) in [6.07, 6.45) is 0. The molecular weight excluding hydrogens is 516 g/mol. The Morgan fingerprint density at radius 2 is 1.53 bits per heavy atom. The van der Waals surface area contributed by atoms with Crippen molar-refractivity contribution in [3.8, 4) is 0 Å². The minimum absolute atomic E-state index is 0. The SMILES string of the molecule is CCN(CC)CCN(C(=O)c1ccccc1NS(=O)(=O)c1ccccc1)c1nc2ccccc2s1.Cl. The Morgan fingerprint density at radius 3 is 2.22 bits per heavy atom. The van der Waals surface area contributed by atoms with Crippen molar-refractivity contribution >= 4 is 60.7 Å². The normalized spacial score (nSPS) is 11.3. The minimum Gasteiger partial charge on any atom is -0.302 e. The monoisotopic (exact) mass is 544 g/mol. The van der Waals surface area contributed by atoms with Gasteiger partial charge in [-0.1, -0.05) is 67.6 Å². The second kappa shape index (κ2) is 12.3. The Labute approximate surface area is 222 Å². The molecular formula is C26H29ClN4O3S2. The lowest BCUT2D eigenvalue weighted by Gasteiger charge is -2.25. The zero-order chi connectivity index (χ0) is 24.8. The Bertz CT molecular complexity index is 1370. The van der Waals surface area contributed by atoms with Gasteiger partial charge in [0, 0.05) is 13.1 Å². The number of rotatable bonds is 10. The molecule has 190 valence electrons. The molecule has 0 spiro atoms. The summed E-state index contributed by atoms with van der Waals surface area (Å²) in [7, 11) is -3.86. The number of hydrogen-bond acceptors (Lipinski definition) is 6. The van der Waals surface area contributed by atoms with Crippen molar-refractivity contribution in [1.29, 1.82) is 0 Å². The van der Waals surface area contributed by atoms with Gasteiger partial charge in [-0.05, 0) is 49.5 Å². The van der Waals surface area contributed by atoms with E-state index in [2.05, 4.69) is 23.5 Å². The molecule has 10 heteroatoms. The summed E-state index contributed by atoms with van der Waals surface area (Å²) in [5.74, 6) is -0.303. The van der Waals surface area contributed by atoms with Crippen LogP contribution in [0.1, 0.15) is 24.2 Å². The molecule has 4 aromatic rings. The van der Waals surface area contributed by atoms with Gasteiger partial charge < -0.3 is 4.90 Å². The fourth-order valence-electron chi connectivity index (χ4n) is 3.75. The van der Waals surface area contributed by atoms with Crippen LogP contribution in [0.25, 0.3) is 10.2 Å². The number of carbonyl (C=O) groups is 1. The topological polar surface area (TPSA) is 82.6 Å². The van der Waals surface area contributed by atoms with E-state index < -0.39 is 10.0 Å². The van der Waals surface area contributed by atoms with Crippen molar-refractivity contribution in [2.24, 2.45) is 0 Å². The van der Waals surface area contributed by atoms with E-state index in [0.29, 0.717) is 18.2 Å². The molecule has 0 radical (unpaired) electrons. The first kappa shape index (κ1) is 27.6. The van der Waals surface area contributed by atoms with Crippen LogP contribution in [0.2, 0.25) is 0 Å². The highest BCUT2D eigenvalue weighted by molar-refractivity contribution is 7.92. The van der Waals surface area contributed by atoms with Crippen LogP contribution < -0.4 is 9.62 Å². The maximum Gasteiger partial charge on any atom is 0.262 e. The number of para-hydroxylation sites is 2. The molecule has 7 nitrogen and oxygen atoms in total. The van der Waals surface area contributed by atoms with Crippen molar-refractivity contribution in [3.05, 3.63) is 84.4 Å². The number of nitrogens with one attached hydrogen (secondary N) is 1. The third-order valence-corrected chi connectivity index (χ3v) is 8.19. The highest BCUT2D eigenvalue weighted by atomic mass is 35.5. The maximum absolute atomic E-state index is 13.9. The molecule has 0 bridgehead atoms. The van der Waals surface area contributed by atoms with Gasteiger partial charge in [0.2, 0.25) is 0 Å². The minimum atomic E-state index is -3.86. The summed E-state index contributed by atoms with van der Waals surface area (Å²) in [6, 6.07) is 22.6. The predicted molar refractivity (Wildman–Crippen MR) is 150 cm³/mol. The third-order valence-electron chi connectivity index (χ3n) is 5.75. The van der Waals surface area contributed by atoms with E-state index in [1.807, 2.05) is 24.3 Å². The largest absolute Gasteiger partial charge is 0.302 e. The molecule has 1 amide bonds. The fourth-order valence-corrected chi connectivity index (χ4v) is 5.84. The Kier molecular flexibility index (Phi) is 9.44. The first-order valence-electron chi connectivity index (χ1n) is 11.5. The summed E-state index contributed by atoms with van der Waals surface area (Å²) in [5.41, 5.74) is 1.33. The summed E-state index contributed by atoms with van der Waals surface area (Å²) < 4.78 is 29.5. The van der Waals surface area contributed by atoms with Crippen LogP contribution in [0.3, 0.4) is 0 Å². The molecule has 0 saturated heterocycles. The van der Waals surface area contributed by atoms with Crippen molar-refractivity contribution in [2.75, 3.05) is 35.8 Å². The molecule has 3 aromatic carbocycles. The summed E-state index contributed by atoms with van der Waals surface area (Å²) in [6.45, 7) is 7.01. The average Bonchev–Trinajstić information content (AvgIpc) is 3.31. The molecule has 4 rings (SSSR count). The van der Waals surface area contributed by atoms with Crippen LogP contribution in [0, 0.1) is 0 Å². The van der Waals surface area contributed by atoms with Gasteiger partial charge in [0.1, 0.15) is 0 Å². The lowest BCUT2D eigenvalue weighted by Crippen LogP contribution is -2.39. The van der Waals surface area contributed by atoms with Gasteiger partial charge in [-0.3, -0.25) is 14.4 Å². The van der Waals surface area contributed by atoms with E-state index in [1.54, 1.807) is 47.4 Å². The van der Waals surface area contributed by atoms with Crippen molar-refractivity contribution < 1.29 is 13.2 Å². The molecule has 1 N–H and O–H groups in total. The number of sulfonamides is 1. The smallest absolute Gasteiger partial charge is 0.262 e. The zero-order valence-electron chi connectivity index (χ0n) is 20.1. The highest BCUT2D eigenvalue weighted by Crippen LogP contribution is 2.31. The number of amides is 1. The van der Waals surface area contributed by atoms with E-state index in [9.17, 15) is 13.2 Å². The van der Waals surface area contributed by atoms with Gasteiger partial charge in [-0.2, -0.15) is 0 Å². The molecule has 0 aliphatic rings. The second-order valence-corrected chi connectivity index (χ2v) is 10.6. The van der Waals surface area contributed by atoms with Gasteiger partial charge in [-0.15, -0.1) is 12.4 Å². The highest BCUT2D eigenvalue weighted by Gasteiger charge is 2.25. The molecule has 0 aliphatic carbocycles. The number of likely N-dealkylation sites (N-methyl/N-ethyl adjacent to an activating group) is 1. The first-order chi connectivity index (χ1) is 16.9. The number of hydrogen-bond donors (Lipinski definition) is 1. The second-order valence-electron chi connectivity index (χ2n) is 7.91. The van der Waals surface area contributed by atoms with E-state index in [4.69, 9.17) is 4.98 Å². The number of nitrogens with zero attached hydrogens (tertiary/aromatic N) is 3. The molecule has 0 saturated carbocycles. The molecule has 36 heavy (non-hydrogen) atoms. The van der Waals surface area contributed by atoms with E-state index in [0.717, 1.165) is 23.3 Å². The predicted octanol–water partition coefficient (Wildman–Crippen LogP) is 5.51. The maximum atomic E-state index is 13.9. The number of aromatic nitrogens is 1. The number of carbonyl (C=O) groups excluding carboxylic acids is 1. The number of anilines is 2. The Hall–Kier alpha value is -2.98. The summed E-state index contributed by atoms with van der Waals surface area (Å²) >= 11 is 1.45. The van der Waals surface area contributed by atoms with Gasteiger partial charge in [0.25, 0.3) is 15.9 Å². The number of benzene rings is 3. The molecule has 0 aliphatic heterocycles. The van der Waals surface area contributed by atoms with E-state index in [-0.39, 0.29) is 34.5 Å². The van der Waals surface area contributed by atoms with Crippen LogP contribution in [-0.2, 0) is 10.0 Å². The number of thiazole rings is 1. The van der Waals surface area contributed by atoms with Crippen LogP contribution in [-0.4, -0.2) is 50.4 Å². The molecule has 0 unspecified atom stereocenters. The first-order valence-corrected chi connectivity index (χ1v) is 13.8. The molecule has 1 heterocycles. The van der Waals surface area contributed by atoms with Crippen LogP contribution >= 0.6 is 23.7 Å². The molecule has 0 atom stereocenters. The summed E-state index contributed by atoms with van der Waals surface area (Å²) in [5, 5.41) is 0.587. The van der Waals surface area contributed by atoms with Crippen molar-refractivity contribution in [1.82, 2.24) is 9.88 Å². The average molecular weight is 545 g/mol. The van der Waals surface area contributed by atoms with Crippen molar-refractivity contribution in [3.63, 3.8) is 0 Å². The molecule has 0 fully saturated rings. The van der Waals surface area contributed by atoms with Crippen LogP contribution in [0.4, 0.5) is 10.8 Å². The quantitative estimate of drug-likeness (QED) is 0.285. The van der Waals surface area contributed by atoms with E-state index in [1.165, 1.54) is 23.5 Å². The standard InChI is InChI=1S/C26H28N4O3S2.ClH/c1-3-29(4-2)18-19-30(26-27-23-16-10-11-17-24(23)34-26)25(31)21-14-8-9-15-22(21)28-35(32,33)20-12-6-5-7-13-20;/h5-17,28H,3-4,18-19H2,1-2H3;1H. The third kappa shape index (κ3) is 6.22. The summed E-state index contributed by atoms with van der Waals surface area (Å²) in [4.78, 5) is 22.6. The number of fused-ring (bicyclic) bond motifs is 1. The lowest BCUT2D eigenvalue weighted by atomic mass is 10.1. The number of halogens is 1. The van der Waals surface area contributed by atoms with Crippen LogP contribution in [0.15, 0.2) is 83.8 Å². The van der Waals surface area contributed by atoms with Crippen LogP contribution in [0.5, 0.6) is 0 Å². The van der Waals surface area contributed by atoms with E-state index >= 15 is 0 Å². The zero-order valence-corrected chi connectivity index (χ0v) is 22.6. The van der Waals surface area contributed by atoms with Gasteiger partial charge in [0.05, 0.1) is 26.4 Å². The van der Waals surface area contributed by atoms with Gasteiger partial charge in [0.15, 0.2) is 5.13 Å². The van der Waals surface area contributed by atoms with Crippen molar-refractivity contribution in [2.45, 2.75) is 18.7 Å². The van der Waals surface area contributed by atoms with Gasteiger partial charge in [-0.25, -0.2) is 13.4 Å². The Morgan fingerprint density at radius 1 is 0.889 bits per heavy atom. The fraction of sp³-hybridized carbons (Fsp3) is 0.231. The Balaban J connectivity index is 0.00000361. The van der Waals surface area contributed by atoms with Gasteiger partial charge >= 0.3 is 0 Å².